The summed E-state index contributed by atoms with van der Waals surface area (Å²) < 4.78 is 27.5. The summed E-state index contributed by atoms with van der Waals surface area (Å²) in [5, 5.41) is 14.1. The molecule has 1 aromatic carbocycles. The van der Waals surface area contributed by atoms with Crippen molar-refractivity contribution in [3.63, 3.8) is 0 Å². The van der Waals surface area contributed by atoms with Crippen LogP contribution in [0.15, 0.2) is 18.2 Å². The van der Waals surface area contributed by atoms with Gasteiger partial charge in [-0.2, -0.15) is 0 Å². The summed E-state index contributed by atoms with van der Waals surface area (Å²) in [6, 6.07) is 1.78. The molecule has 26 heavy (non-hydrogen) atoms. The summed E-state index contributed by atoms with van der Waals surface area (Å²) >= 11 is 0. The number of carbonyl (C=O) groups excluding carboxylic acids is 2. The predicted molar refractivity (Wildman–Crippen MR) is 89.4 cm³/mol. The zero-order valence-corrected chi connectivity index (χ0v) is 14.6. The molecule has 1 aliphatic carbocycles. The fraction of sp³-hybridized carbons (Fsp3) is 0.500. The number of aliphatic carboxylic acids is 1. The van der Waals surface area contributed by atoms with Gasteiger partial charge in [-0.3, -0.25) is 14.4 Å². The van der Waals surface area contributed by atoms with Gasteiger partial charge in [0.1, 0.15) is 23.2 Å². The largest absolute Gasteiger partial charge is 0.481 e. The summed E-state index contributed by atoms with van der Waals surface area (Å²) in [7, 11) is 0. The maximum Gasteiger partial charge on any atom is 0.306 e. The van der Waals surface area contributed by atoms with E-state index in [2.05, 4.69) is 10.6 Å². The lowest BCUT2D eigenvalue weighted by atomic mass is 10.0. The second-order valence-electron chi connectivity index (χ2n) is 6.85. The first kappa shape index (κ1) is 19.8. The molecular formula is C18H22F2N2O4. The van der Waals surface area contributed by atoms with Crippen molar-refractivity contribution in [1.29, 1.82) is 0 Å². The highest BCUT2D eigenvalue weighted by molar-refractivity contribution is 5.98. The van der Waals surface area contributed by atoms with E-state index in [0.717, 1.165) is 18.2 Å². The highest BCUT2D eigenvalue weighted by atomic mass is 19.1. The molecule has 0 spiro atoms. The van der Waals surface area contributed by atoms with Crippen LogP contribution in [0.5, 0.6) is 0 Å². The van der Waals surface area contributed by atoms with E-state index in [4.69, 9.17) is 5.11 Å². The number of benzene rings is 1. The molecule has 2 amide bonds. The third kappa shape index (κ3) is 4.56. The quantitative estimate of drug-likeness (QED) is 0.716. The Morgan fingerprint density at radius 3 is 2.27 bits per heavy atom. The third-order valence-electron chi connectivity index (χ3n) is 4.55. The zero-order valence-electron chi connectivity index (χ0n) is 14.6. The molecule has 0 bridgehead atoms. The SMILES string of the molecule is CC(C)C(NC(=O)c1c(F)cccc1F)C(=O)N[C@H]1CC[C@@H](C(=O)O)C1. The molecule has 8 heteroatoms. The van der Waals surface area contributed by atoms with Gasteiger partial charge in [-0.05, 0) is 37.3 Å². The average Bonchev–Trinajstić information content (AvgIpc) is 3.00. The van der Waals surface area contributed by atoms with Crippen LogP contribution < -0.4 is 10.6 Å². The molecule has 1 aromatic rings. The van der Waals surface area contributed by atoms with Gasteiger partial charge in [-0.25, -0.2) is 8.78 Å². The lowest BCUT2D eigenvalue weighted by Gasteiger charge is -2.24. The molecule has 3 atom stereocenters. The van der Waals surface area contributed by atoms with Gasteiger partial charge < -0.3 is 15.7 Å². The molecular weight excluding hydrogens is 346 g/mol. The summed E-state index contributed by atoms with van der Waals surface area (Å²) in [4.78, 5) is 35.7. The number of rotatable bonds is 6. The minimum atomic E-state index is -1.01. The minimum absolute atomic E-state index is 0.299. The Labute approximate surface area is 150 Å². The molecule has 6 nitrogen and oxygen atoms in total. The predicted octanol–water partition coefficient (Wildman–Crippen LogP) is 2.09. The molecule has 0 saturated heterocycles. The van der Waals surface area contributed by atoms with Crippen LogP contribution >= 0.6 is 0 Å². The van der Waals surface area contributed by atoms with Crippen LogP contribution in [-0.4, -0.2) is 35.0 Å². The van der Waals surface area contributed by atoms with Crippen LogP contribution in [0.25, 0.3) is 0 Å². The summed E-state index contributed by atoms with van der Waals surface area (Å²) in [5.41, 5.74) is -0.738. The standard InChI is InChI=1S/C18H22F2N2O4/c1-9(2)15(17(24)21-11-7-6-10(8-11)18(25)26)22-16(23)14-12(19)4-3-5-13(14)20/h3-5,9-11,15H,6-8H2,1-2H3,(H,21,24)(H,22,23)(H,25,26)/t10-,11+,15?/m1/s1. The Balaban J connectivity index is 2.05. The van der Waals surface area contributed by atoms with Crippen LogP contribution in [0, 0.1) is 23.5 Å². The van der Waals surface area contributed by atoms with E-state index in [1.807, 2.05) is 0 Å². The number of carboxylic acid groups (broad SMARTS) is 1. The fourth-order valence-electron chi connectivity index (χ4n) is 3.09. The molecule has 1 aliphatic rings. The zero-order chi connectivity index (χ0) is 19.4. The Morgan fingerprint density at radius 1 is 1.15 bits per heavy atom. The molecule has 0 aliphatic heterocycles. The van der Waals surface area contributed by atoms with Gasteiger partial charge in [-0.1, -0.05) is 19.9 Å². The second-order valence-corrected chi connectivity index (χ2v) is 6.85. The Morgan fingerprint density at radius 2 is 1.77 bits per heavy atom. The number of nitrogens with one attached hydrogen (secondary N) is 2. The number of hydrogen-bond donors (Lipinski definition) is 3. The van der Waals surface area contributed by atoms with Crippen molar-refractivity contribution in [2.45, 2.75) is 45.2 Å². The maximum absolute atomic E-state index is 13.7. The lowest BCUT2D eigenvalue weighted by molar-refractivity contribution is -0.141. The van der Waals surface area contributed by atoms with E-state index in [0.29, 0.717) is 19.3 Å². The molecule has 1 saturated carbocycles. The minimum Gasteiger partial charge on any atom is -0.481 e. The third-order valence-corrected chi connectivity index (χ3v) is 4.55. The molecule has 1 fully saturated rings. The number of carbonyl (C=O) groups is 3. The summed E-state index contributed by atoms with van der Waals surface area (Å²) in [5.74, 6) is -5.25. The first-order chi connectivity index (χ1) is 12.2. The van der Waals surface area contributed by atoms with Crippen LogP contribution in [0.4, 0.5) is 8.78 Å². The van der Waals surface area contributed by atoms with Gasteiger partial charge in [0.15, 0.2) is 0 Å². The monoisotopic (exact) mass is 368 g/mol. The Kier molecular flexibility index (Phi) is 6.28. The van der Waals surface area contributed by atoms with Crippen LogP contribution in [0.3, 0.4) is 0 Å². The highest BCUT2D eigenvalue weighted by Crippen LogP contribution is 2.26. The van der Waals surface area contributed by atoms with Crippen LogP contribution in [0.1, 0.15) is 43.5 Å². The van der Waals surface area contributed by atoms with Gasteiger partial charge in [0, 0.05) is 6.04 Å². The fourth-order valence-corrected chi connectivity index (χ4v) is 3.09. The van der Waals surface area contributed by atoms with Crippen LogP contribution in [-0.2, 0) is 9.59 Å². The van der Waals surface area contributed by atoms with E-state index < -0.39 is 46.9 Å². The van der Waals surface area contributed by atoms with Crippen molar-refractivity contribution in [2.75, 3.05) is 0 Å². The molecule has 142 valence electrons. The number of amides is 2. The van der Waals surface area contributed by atoms with E-state index in [1.54, 1.807) is 13.8 Å². The number of carboxylic acids is 1. The van der Waals surface area contributed by atoms with Crippen molar-refractivity contribution >= 4 is 17.8 Å². The van der Waals surface area contributed by atoms with Gasteiger partial charge in [-0.15, -0.1) is 0 Å². The lowest BCUT2D eigenvalue weighted by Crippen LogP contribution is -2.52. The van der Waals surface area contributed by atoms with Gasteiger partial charge in [0.25, 0.3) is 5.91 Å². The maximum atomic E-state index is 13.7. The molecule has 1 unspecified atom stereocenters. The van der Waals surface area contributed by atoms with Crippen molar-refractivity contribution in [1.82, 2.24) is 10.6 Å². The first-order valence-corrected chi connectivity index (χ1v) is 8.48. The highest BCUT2D eigenvalue weighted by Gasteiger charge is 2.33. The van der Waals surface area contributed by atoms with Gasteiger partial charge >= 0.3 is 5.97 Å². The number of halogens is 2. The molecule has 0 aromatic heterocycles. The second kappa shape index (κ2) is 8.25. The van der Waals surface area contributed by atoms with Crippen molar-refractivity contribution in [3.05, 3.63) is 35.4 Å². The molecule has 2 rings (SSSR count). The van der Waals surface area contributed by atoms with Gasteiger partial charge in [0.2, 0.25) is 5.91 Å². The first-order valence-electron chi connectivity index (χ1n) is 8.48. The van der Waals surface area contributed by atoms with E-state index in [9.17, 15) is 23.2 Å². The summed E-state index contributed by atoms with van der Waals surface area (Å²) in [6.45, 7) is 3.38. The van der Waals surface area contributed by atoms with E-state index in [-0.39, 0.29) is 12.0 Å². The van der Waals surface area contributed by atoms with E-state index >= 15 is 0 Å². The van der Waals surface area contributed by atoms with Crippen molar-refractivity contribution < 1.29 is 28.3 Å². The normalized spacial score (nSPS) is 20.7. The molecule has 0 radical (unpaired) electrons. The van der Waals surface area contributed by atoms with E-state index in [1.165, 1.54) is 0 Å². The average molecular weight is 368 g/mol. The molecule has 3 N–H and O–H groups in total. The summed E-state index contributed by atoms with van der Waals surface area (Å²) in [6.07, 6.45) is 1.32. The smallest absolute Gasteiger partial charge is 0.306 e. The van der Waals surface area contributed by atoms with Crippen molar-refractivity contribution in [2.24, 2.45) is 11.8 Å². The van der Waals surface area contributed by atoms with Crippen LogP contribution in [0.2, 0.25) is 0 Å². The Bertz CT molecular complexity index is 688. The van der Waals surface area contributed by atoms with Crippen molar-refractivity contribution in [3.8, 4) is 0 Å². The Hall–Kier alpha value is -2.51. The number of hydrogen-bond acceptors (Lipinski definition) is 3. The molecule has 0 heterocycles. The topological polar surface area (TPSA) is 95.5 Å². The van der Waals surface area contributed by atoms with Gasteiger partial charge in [0.05, 0.1) is 5.92 Å².